The number of alkyl carbamates (subject to hydrolysis) is 1. The summed E-state index contributed by atoms with van der Waals surface area (Å²) in [6.07, 6.45) is 2.26. The molecular weight excluding hydrogens is 583 g/mol. The third-order valence-corrected chi connectivity index (χ3v) is 7.77. The van der Waals surface area contributed by atoms with E-state index in [1.807, 2.05) is 0 Å². The lowest BCUT2D eigenvalue weighted by atomic mass is 10.1. The fourth-order valence-corrected chi connectivity index (χ4v) is 5.48. The average Bonchev–Trinajstić information content (AvgIpc) is 3.70. The minimum Gasteiger partial charge on any atom is -0.496 e. The Labute approximate surface area is 248 Å². The van der Waals surface area contributed by atoms with Crippen LogP contribution in [-0.2, 0) is 29.6 Å². The highest BCUT2D eigenvalue weighted by Crippen LogP contribution is 2.48. The van der Waals surface area contributed by atoms with E-state index < -0.39 is 19.7 Å². The molecule has 43 heavy (non-hydrogen) atoms. The number of hydrogen-bond acceptors (Lipinski definition) is 11. The molecule has 15 heteroatoms. The Kier molecular flexibility index (Phi) is 11.4. The number of ether oxygens (including phenoxy) is 4. The Morgan fingerprint density at radius 1 is 1.07 bits per heavy atom. The van der Waals surface area contributed by atoms with E-state index in [0.717, 1.165) is 0 Å². The van der Waals surface area contributed by atoms with Gasteiger partial charge in [-0.15, -0.1) is 0 Å². The molecule has 0 aliphatic carbocycles. The highest BCUT2D eigenvalue weighted by atomic mass is 31.2. The van der Waals surface area contributed by atoms with Gasteiger partial charge in [0.1, 0.15) is 17.6 Å². The summed E-state index contributed by atoms with van der Waals surface area (Å²) in [7, 11) is -2.01. The van der Waals surface area contributed by atoms with Crippen LogP contribution in [-0.4, -0.2) is 63.1 Å². The van der Waals surface area contributed by atoms with Crippen LogP contribution in [0.3, 0.4) is 0 Å². The number of nitrogens with zero attached hydrogens (tertiary/aromatic N) is 1. The topological polar surface area (TPSA) is 169 Å². The van der Waals surface area contributed by atoms with Gasteiger partial charge in [-0.25, -0.2) is 14.6 Å². The number of hydrogen-bond donors (Lipinski definition) is 3. The van der Waals surface area contributed by atoms with Crippen molar-refractivity contribution in [2.24, 2.45) is 0 Å². The van der Waals surface area contributed by atoms with Crippen molar-refractivity contribution < 1.29 is 46.6 Å². The zero-order valence-corrected chi connectivity index (χ0v) is 25.0. The lowest BCUT2D eigenvalue weighted by Crippen LogP contribution is -2.28. The van der Waals surface area contributed by atoms with E-state index in [0.29, 0.717) is 53.6 Å². The molecule has 0 spiro atoms. The van der Waals surface area contributed by atoms with Crippen LogP contribution in [0.1, 0.15) is 25.8 Å². The van der Waals surface area contributed by atoms with Gasteiger partial charge in [-0.1, -0.05) is 0 Å². The number of aromatic nitrogens is 1. The van der Waals surface area contributed by atoms with Gasteiger partial charge in [0.25, 0.3) is 0 Å². The number of benzene rings is 2. The van der Waals surface area contributed by atoms with Crippen LogP contribution in [0, 0.1) is 0 Å². The molecule has 1 saturated heterocycles. The summed E-state index contributed by atoms with van der Waals surface area (Å²) in [4.78, 5) is 29.2. The Hall–Kier alpha value is -4.10. The summed E-state index contributed by atoms with van der Waals surface area (Å²) in [5.41, 5.74) is 2.05. The molecular formula is C28H35N4O10P. The number of urea groups is 1. The minimum absolute atomic E-state index is 0.0643. The molecule has 1 aliphatic rings. The van der Waals surface area contributed by atoms with Crippen molar-refractivity contribution in [2.75, 3.05) is 50.5 Å². The summed E-state index contributed by atoms with van der Waals surface area (Å²) in [5, 5.41) is 8.19. The summed E-state index contributed by atoms with van der Waals surface area (Å²) in [5.74, 6) is 1.26. The third-order valence-electron chi connectivity index (χ3n) is 6.02. The molecule has 0 saturated carbocycles. The van der Waals surface area contributed by atoms with Crippen LogP contribution in [0.4, 0.5) is 21.0 Å². The van der Waals surface area contributed by atoms with Crippen molar-refractivity contribution in [3.63, 3.8) is 0 Å². The van der Waals surface area contributed by atoms with Crippen molar-refractivity contribution >= 4 is 31.1 Å². The van der Waals surface area contributed by atoms with Gasteiger partial charge in [0.15, 0.2) is 18.5 Å². The van der Waals surface area contributed by atoms with Gasteiger partial charge in [-0.05, 0) is 43.7 Å². The normalized spacial score (nSPS) is 14.6. The first kappa shape index (κ1) is 31.8. The lowest BCUT2D eigenvalue weighted by molar-refractivity contribution is 0.0828. The molecule has 3 N–H and O–H groups in total. The molecule has 14 nitrogen and oxygen atoms in total. The number of rotatable bonds is 14. The first-order chi connectivity index (χ1) is 20.8. The fraction of sp³-hybridized carbons (Fsp3) is 0.393. The highest BCUT2D eigenvalue weighted by Gasteiger charge is 2.25. The second-order valence-electron chi connectivity index (χ2n) is 9.19. The van der Waals surface area contributed by atoms with Crippen LogP contribution >= 0.6 is 7.60 Å². The van der Waals surface area contributed by atoms with Gasteiger partial charge in [-0.3, -0.25) is 4.57 Å². The van der Waals surface area contributed by atoms with E-state index in [4.69, 9.17) is 32.4 Å². The standard InChI is InChI=1S/C28H35N4O10P/c1-4-40-43(35,41-5-2)18-39-23-11-19(14-30-28(34)42-22-8-9-37-16-22)10-21(12-23)32-27(33)31-20-6-7-24(25(13-20)36-3)26-15-29-17-38-26/h6-7,10-13,15,17,22H,4-5,8-9,14,16,18H2,1-3H3,(H,30,34)(H2,31,32,33)/t22-/m0/s1. The first-order valence-corrected chi connectivity index (χ1v) is 15.4. The summed E-state index contributed by atoms with van der Waals surface area (Å²) in [6, 6.07) is 9.36. The zero-order valence-electron chi connectivity index (χ0n) is 24.1. The highest BCUT2D eigenvalue weighted by molar-refractivity contribution is 7.53. The molecule has 3 amide bonds. The van der Waals surface area contributed by atoms with E-state index in [9.17, 15) is 14.2 Å². The third kappa shape index (κ3) is 9.45. The monoisotopic (exact) mass is 618 g/mol. The van der Waals surface area contributed by atoms with Gasteiger partial charge in [0.05, 0.1) is 45.3 Å². The molecule has 2 aromatic carbocycles. The summed E-state index contributed by atoms with van der Waals surface area (Å²) in [6.45, 7) is 4.72. The zero-order chi connectivity index (χ0) is 30.7. The quantitative estimate of drug-likeness (QED) is 0.192. The molecule has 0 bridgehead atoms. The van der Waals surface area contributed by atoms with E-state index in [2.05, 4.69) is 20.9 Å². The Morgan fingerprint density at radius 2 is 1.86 bits per heavy atom. The van der Waals surface area contributed by atoms with Gasteiger partial charge >= 0.3 is 19.7 Å². The molecule has 0 unspecified atom stereocenters. The summed E-state index contributed by atoms with van der Waals surface area (Å²) < 4.78 is 50.7. The maximum Gasteiger partial charge on any atom is 0.407 e. The number of amides is 3. The van der Waals surface area contributed by atoms with E-state index in [1.54, 1.807) is 56.4 Å². The molecule has 1 atom stereocenters. The first-order valence-electron chi connectivity index (χ1n) is 13.6. The minimum atomic E-state index is -3.51. The second-order valence-corrected chi connectivity index (χ2v) is 11.2. The SMILES string of the molecule is CCOP(=O)(COc1cc(CNC(=O)O[C@H]2CCOC2)cc(NC(=O)Nc2ccc(-c3cnco3)c(OC)c2)c1)OCC. The van der Waals surface area contributed by atoms with Crippen LogP contribution in [0.2, 0.25) is 0 Å². The molecule has 1 aromatic heterocycles. The van der Waals surface area contributed by atoms with Gasteiger partial charge in [-0.2, -0.15) is 0 Å². The predicted octanol–water partition coefficient (Wildman–Crippen LogP) is 5.61. The average molecular weight is 619 g/mol. The Morgan fingerprint density at radius 3 is 2.53 bits per heavy atom. The van der Waals surface area contributed by atoms with Gasteiger partial charge in [0, 0.05) is 36.5 Å². The maximum absolute atomic E-state index is 12.9. The van der Waals surface area contributed by atoms with Crippen molar-refractivity contribution in [1.29, 1.82) is 0 Å². The van der Waals surface area contributed by atoms with Crippen molar-refractivity contribution in [2.45, 2.75) is 32.9 Å². The Balaban J connectivity index is 1.47. The van der Waals surface area contributed by atoms with Gasteiger partial charge in [0.2, 0.25) is 0 Å². The van der Waals surface area contributed by atoms with Crippen molar-refractivity contribution in [3.05, 3.63) is 54.6 Å². The van der Waals surface area contributed by atoms with Crippen molar-refractivity contribution in [1.82, 2.24) is 10.3 Å². The van der Waals surface area contributed by atoms with Crippen LogP contribution in [0.25, 0.3) is 11.3 Å². The van der Waals surface area contributed by atoms with Crippen LogP contribution in [0.5, 0.6) is 11.5 Å². The van der Waals surface area contributed by atoms with Crippen LogP contribution in [0.15, 0.2) is 53.4 Å². The molecule has 1 fully saturated rings. The lowest BCUT2D eigenvalue weighted by Gasteiger charge is -2.18. The maximum atomic E-state index is 12.9. The second kappa shape index (κ2) is 15.4. The number of carbonyl (C=O) groups is 2. The van der Waals surface area contributed by atoms with Gasteiger partial charge < -0.3 is 48.4 Å². The summed E-state index contributed by atoms with van der Waals surface area (Å²) >= 11 is 0. The van der Waals surface area contributed by atoms with Crippen molar-refractivity contribution in [3.8, 4) is 22.8 Å². The molecule has 0 radical (unpaired) electrons. The fourth-order valence-electron chi connectivity index (χ4n) is 4.16. The van der Waals surface area contributed by atoms with E-state index >= 15 is 0 Å². The molecule has 2 heterocycles. The Bertz CT molecular complexity index is 1400. The van der Waals surface area contributed by atoms with E-state index in [-0.39, 0.29) is 38.0 Å². The predicted molar refractivity (Wildman–Crippen MR) is 156 cm³/mol. The van der Waals surface area contributed by atoms with E-state index in [1.165, 1.54) is 13.5 Å². The van der Waals surface area contributed by atoms with Crippen LogP contribution < -0.4 is 25.4 Å². The number of methoxy groups -OCH3 is 1. The number of oxazole rings is 1. The number of nitrogens with one attached hydrogen (secondary N) is 3. The number of carbonyl (C=O) groups excluding carboxylic acids is 2. The molecule has 1 aliphatic heterocycles. The largest absolute Gasteiger partial charge is 0.496 e. The number of anilines is 2. The molecule has 3 aromatic rings. The smallest absolute Gasteiger partial charge is 0.407 e. The molecule has 232 valence electrons. The molecule has 4 rings (SSSR count).